The average Bonchev–Trinajstić information content (AvgIpc) is 2.75. The summed E-state index contributed by atoms with van der Waals surface area (Å²) in [4.78, 5) is 25.1. The number of nitrogens with zero attached hydrogens (tertiary/aromatic N) is 2. The number of nitrogens with one attached hydrogen (secondary N) is 1. The molecule has 0 heterocycles. The van der Waals surface area contributed by atoms with E-state index in [2.05, 4.69) is 37.9 Å². The van der Waals surface area contributed by atoms with Crippen molar-refractivity contribution in [3.63, 3.8) is 0 Å². The molecule has 1 amide bonds. The summed E-state index contributed by atoms with van der Waals surface area (Å²) in [6.07, 6.45) is 2.77. The monoisotopic (exact) mass is 475 g/mol. The maximum absolute atomic E-state index is 12.4. The number of hydrogen-bond acceptors (Lipinski definition) is 6. The predicted octanol–water partition coefficient (Wildman–Crippen LogP) is 5.41. The lowest BCUT2D eigenvalue weighted by molar-refractivity contribution is -0.384. The Bertz CT molecular complexity index is 1000. The number of ether oxygens (including phenoxy) is 2. The summed E-state index contributed by atoms with van der Waals surface area (Å²) in [6.45, 7) is 9.81. The molecule has 0 unspecified atom stereocenters. The molecule has 9 heteroatoms. The van der Waals surface area contributed by atoms with Crippen molar-refractivity contribution in [2.75, 3.05) is 25.6 Å². The third-order valence-corrected chi connectivity index (χ3v) is 5.28. The van der Waals surface area contributed by atoms with Crippen LogP contribution < -0.4 is 14.8 Å². The zero-order chi connectivity index (χ0) is 24.5. The molecule has 33 heavy (non-hydrogen) atoms. The number of amides is 1. The highest BCUT2D eigenvalue weighted by Gasteiger charge is 2.14. The van der Waals surface area contributed by atoms with Gasteiger partial charge >= 0.3 is 0 Å². The van der Waals surface area contributed by atoms with E-state index in [1.54, 1.807) is 31.4 Å². The van der Waals surface area contributed by atoms with Crippen molar-refractivity contribution < 1.29 is 19.2 Å². The van der Waals surface area contributed by atoms with E-state index in [9.17, 15) is 14.9 Å². The first-order chi connectivity index (χ1) is 15.6. The minimum atomic E-state index is -0.569. The zero-order valence-corrected chi connectivity index (χ0v) is 20.3. The van der Waals surface area contributed by atoms with E-state index in [1.807, 2.05) is 0 Å². The lowest BCUT2D eigenvalue weighted by Crippen LogP contribution is -2.39. The molecule has 1 N–H and O–H groups in total. The van der Waals surface area contributed by atoms with Gasteiger partial charge in [0.05, 0.1) is 12.0 Å². The summed E-state index contributed by atoms with van der Waals surface area (Å²) in [7, 11) is 1.56. The number of carbonyl (C=O) groups excluding carboxylic acids is 1. The normalized spacial score (nSPS) is 11.4. The number of anilines is 1. The highest BCUT2D eigenvalue weighted by Crippen LogP contribution is 2.30. The van der Waals surface area contributed by atoms with Crippen molar-refractivity contribution in [1.29, 1.82) is 0 Å². The quantitative estimate of drug-likeness (QED) is 0.265. The van der Waals surface area contributed by atoms with Gasteiger partial charge in [-0.05, 0) is 57.5 Å². The van der Waals surface area contributed by atoms with Crippen LogP contribution >= 0.6 is 11.6 Å². The van der Waals surface area contributed by atoms with E-state index in [1.165, 1.54) is 24.3 Å². The molecule has 0 saturated heterocycles. The SMILES string of the molecule is COc1ccc(NC(=O)C=Cc2ccc(Cl)c([N+](=O)[O-])c2)cc1OCCN(C(C)C)C(C)C. The molecule has 8 nitrogen and oxygen atoms in total. The first-order valence-corrected chi connectivity index (χ1v) is 11.0. The number of carbonyl (C=O) groups is 1. The number of nitro groups is 1. The van der Waals surface area contributed by atoms with E-state index in [0.29, 0.717) is 41.4 Å². The molecule has 0 spiro atoms. The third kappa shape index (κ3) is 7.76. The second-order valence-corrected chi connectivity index (χ2v) is 8.34. The molecule has 0 bridgehead atoms. The maximum Gasteiger partial charge on any atom is 0.288 e. The van der Waals surface area contributed by atoms with E-state index in [-0.39, 0.29) is 10.7 Å². The fourth-order valence-corrected chi connectivity index (χ4v) is 3.56. The van der Waals surface area contributed by atoms with Crippen LogP contribution in [0, 0.1) is 10.1 Å². The largest absolute Gasteiger partial charge is 0.493 e. The molecular formula is C24H30ClN3O5. The van der Waals surface area contributed by atoms with Crippen LogP contribution in [0.2, 0.25) is 5.02 Å². The molecule has 0 aliphatic rings. The van der Waals surface area contributed by atoms with Gasteiger partial charge in [0.1, 0.15) is 11.6 Å². The standard InChI is InChI=1S/C24H30ClN3O5/c1-16(2)27(17(3)4)12-13-33-23-15-19(8-10-22(23)32-5)26-24(29)11-7-18-6-9-20(25)21(14-18)28(30)31/h6-11,14-17H,12-13H2,1-5H3,(H,26,29). The second-order valence-electron chi connectivity index (χ2n) is 7.93. The van der Waals surface area contributed by atoms with Crippen LogP contribution in [0.25, 0.3) is 6.08 Å². The molecule has 0 aromatic heterocycles. The zero-order valence-electron chi connectivity index (χ0n) is 19.5. The predicted molar refractivity (Wildman–Crippen MR) is 131 cm³/mol. The lowest BCUT2D eigenvalue weighted by Gasteiger charge is -2.30. The first kappa shape index (κ1) is 26.2. The van der Waals surface area contributed by atoms with Gasteiger partial charge in [0.15, 0.2) is 11.5 Å². The van der Waals surface area contributed by atoms with E-state index in [0.717, 1.165) is 6.54 Å². The van der Waals surface area contributed by atoms with Crippen LogP contribution in [-0.4, -0.2) is 48.1 Å². The van der Waals surface area contributed by atoms with E-state index < -0.39 is 10.8 Å². The van der Waals surface area contributed by atoms with Gasteiger partial charge in [0.2, 0.25) is 5.91 Å². The van der Waals surface area contributed by atoms with Crippen molar-refractivity contribution in [2.24, 2.45) is 0 Å². The Hall–Kier alpha value is -3.10. The number of rotatable bonds is 11. The summed E-state index contributed by atoms with van der Waals surface area (Å²) in [5.74, 6) is 0.701. The summed E-state index contributed by atoms with van der Waals surface area (Å²) in [5.41, 5.74) is 0.802. The summed E-state index contributed by atoms with van der Waals surface area (Å²) in [6, 6.07) is 10.2. The Balaban J connectivity index is 2.06. The Morgan fingerprint density at radius 1 is 1.15 bits per heavy atom. The second kappa shape index (κ2) is 12.2. The Kier molecular flexibility index (Phi) is 9.69. The van der Waals surface area contributed by atoms with Crippen molar-refractivity contribution in [3.8, 4) is 11.5 Å². The van der Waals surface area contributed by atoms with Crippen molar-refractivity contribution >= 4 is 35.0 Å². The van der Waals surface area contributed by atoms with E-state index in [4.69, 9.17) is 21.1 Å². The van der Waals surface area contributed by atoms with Crippen LogP contribution in [0.5, 0.6) is 11.5 Å². The minimum Gasteiger partial charge on any atom is -0.493 e. The molecule has 0 aliphatic carbocycles. The maximum atomic E-state index is 12.4. The molecule has 0 fully saturated rings. The molecule has 0 saturated carbocycles. The van der Waals surface area contributed by atoms with Gasteiger partial charge in [-0.3, -0.25) is 19.8 Å². The molecule has 178 valence electrons. The number of nitro benzene ring substituents is 1. The topological polar surface area (TPSA) is 93.9 Å². The van der Waals surface area contributed by atoms with Crippen molar-refractivity contribution in [2.45, 2.75) is 39.8 Å². The molecular weight excluding hydrogens is 446 g/mol. The van der Waals surface area contributed by atoms with Gasteiger partial charge in [-0.2, -0.15) is 0 Å². The number of benzene rings is 2. The lowest BCUT2D eigenvalue weighted by atomic mass is 10.2. The number of hydrogen-bond donors (Lipinski definition) is 1. The van der Waals surface area contributed by atoms with Crippen LogP contribution in [0.15, 0.2) is 42.5 Å². The smallest absolute Gasteiger partial charge is 0.288 e. The molecule has 0 atom stereocenters. The van der Waals surface area contributed by atoms with E-state index >= 15 is 0 Å². The minimum absolute atomic E-state index is 0.0391. The van der Waals surface area contributed by atoms with Crippen LogP contribution in [0.4, 0.5) is 11.4 Å². The van der Waals surface area contributed by atoms with Gasteiger partial charge in [0.25, 0.3) is 5.69 Å². The number of halogens is 1. The third-order valence-electron chi connectivity index (χ3n) is 4.96. The first-order valence-electron chi connectivity index (χ1n) is 10.6. The van der Waals surface area contributed by atoms with Gasteiger partial charge in [0, 0.05) is 42.5 Å². The van der Waals surface area contributed by atoms with Gasteiger partial charge in [-0.15, -0.1) is 0 Å². The molecule has 0 aliphatic heterocycles. The molecule has 2 aromatic rings. The molecule has 0 radical (unpaired) electrons. The van der Waals surface area contributed by atoms with Gasteiger partial charge in [-0.1, -0.05) is 17.7 Å². The summed E-state index contributed by atoms with van der Waals surface area (Å²) >= 11 is 5.82. The average molecular weight is 476 g/mol. The summed E-state index contributed by atoms with van der Waals surface area (Å²) < 4.78 is 11.3. The van der Waals surface area contributed by atoms with Crippen molar-refractivity contribution in [3.05, 3.63) is 63.2 Å². The fourth-order valence-electron chi connectivity index (χ4n) is 3.37. The number of methoxy groups -OCH3 is 1. The Morgan fingerprint density at radius 2 is 1.85 bits per heavy atom. The van der Waals surface area contributed by atoms with Crippen molar-refractivity contribution in [1.82, 2.24) is 4.90 Å². The molecule has 2 aromatic carbocycles. The highest BCUT2D eigenvalue weighted by molar-refractivity contribution is 6.32. The molecule has 2 rings (SSSR count). The van der Waals surface area contributed by atoms with Gasteiger partial charge in [-0.25, -0.2) is 0 Å². The van der Waals surface area contributed by atoms with Crippen LogP contribution in [0.1, 0.15) is 33.3 Å². The highest BCUT2D eigenvalue weighted by atomic mass is 35.5. The van der Waals surface area contributed by atoms with Crippen LogP contribution in [0.3, 0.4) is 0 Å². The Morgan fingerprint density at radius 3 is 2.45 bits per heavy atom. The summed E-state index contributed by atoms with van der Waals surface area (Å²) in [5, 5.41) is 13.8. The fraction of sp³-hybridized carbons (Fsp3) is 0.375. The van der Waals surface area contributed by atoms with Gasteiger partial charge < -0.3 is 14.8 Å². The van der Waals surface area contributed by atoms with Crippen LogP contribution in [-0.2, 0) is 4.79 Å². The Labute approximate surface area is 199 Å².